The zero-order chi connectivity index (χ0) is 33.0. The molecule has 0 unspecified atom stereocenters. The van der Waals surface area contributed by atoms with Gasteiger partial charge in [0.15, 0.2) is 0 Å². The van der Waals surface area contributed by atoms with Crippen LogP contribution >= 0.6 is 0 Å². The summed E-state index contributed by atoms with van der Waals surface area (Å²) < 4.78 is 2.46. The van der Waals surface area contributed by atoms with Gasteiger partial charge in [-0.25, -0.2) is 0 Å². The Hall–Kier alpha value is -6.64. The van der Waals surface area contributed by atoms with E-state index in [0.29, 0.717) is 0 Å². The van der Waals surface area contributed by atoms with Crippen LogP contribution in [0, 0.1) is 0 Å². The third kappa shape index (κ3) is 4.50. The molecule has 0 atom stereocenters. The van der Waals surface area contributed by atoms with Gasteiger partial charge in [-0.15, -0.1) is 0 Å². The van der Waals surface area contributed by atoms with Crippen LogP contribution in [-0.4, -0.2) is 4.57 Å². The lowest BCUT2D eigenvalue weighted by molar-refractivity contribution is 1.19. The fraction of sp³-hybridized carbons (Fsp3) is 0. The van der Waals surface area contributed by atoms with Crippen molar-refractivity contribution in [3.63, 3.8) is 0 Å². The molecule has 0 bridgehead atoms. The van der Waals surface area contributed by atoms with Crippen molar-refractivity contribution >= 4 is 71.2 Å². The lowest BCUT2D eigenvalue weighted by Crippen LogP contribution is -2.10. The van der Waals surface area contributed by atoms with Crippen LogP contribution < -0.4 is 4.90 Å². The number of hydrogen-bond acceptors (Lipinski definition) is 1. The first-order valence-electron chi connectivity index (χ1n) is 17.2. The third-order valence-corrected chi connectivity index (χ3v) is 10.1. The second-order valence-corrected chi connectivity index (χ2v) is 13.0. The number of hydrogen-bond donors (Lipinski definition) is 0. The topological polar surface area (TPSA) is 8.17 Å². The summed E-state index contributed by atoms with van der Waals surface area (Å²) in [5.74, 6) is 0. The van der Waals surface area contributed by atoms with Crippen LogP contribution in [0.4, 0.5) is 17.1 Å². The normalized spacial score (nSPS) is 11.6. The Morgan fingerprint density at radius 1 is 0.340 bits per heavy atom. The zero-order valence-corrected chi connectivity index (χ0v) is 27.4. The van der Waals surface area contributed by atoms with Crippen molar-refractivity contribution < 1.29 is 0 Å². The fourth-order valence-electron chi connectivity index (χ4n) is 7.86. The standard InChI is InChI=1S/C48H32N2/c1-3-13-33(14-4-1)35-17-11-20-38(31-35)50-47-23-10-9-22-43(47)45-30-29-42-40-28-26-39(32-36(40)25-27-44(42)48(45)50)49(37-18-5-2-6-19-37)46-24-12-16-34-15-7-8-21-41(34)46/h1-32H. The van der Waals surface area contributed by atoms with E-state index < -0.39 is 0 Å². The molecule has 0 aliphatic carbocycles. The van der Waals surface area contributed by atoms with Crippen molar-refractivity contribution in [1.82, 2.24) is 4.57 Å². The highest BCUT2D eigenvalue weighted by Gasteiger charge is 2.19. The maximum atomic E-state index is 2.46. The molecular formula is C48H32N2. The average molecular weight is 637 g/mol. The molecule has 0 aliphatic rings. The lowest BCUT2D eigenvalue weighted by atomic mass is 9.98. The maximum absolute atomic E-state index is 2.46. The zero-order valence-electron chi connectivity index (χ0n) is 27.4. The van der Waals surface area contributed by atoms with Crippen molar-refractivity contribution in [3.05, 3.63) is 194 Å². The lowest BCUT2D eigenvalue weighted by Gasteiger charge is -2.27. The molecule has 2 nitrogen and oxygen atoms in total. The quantitative estimate of drug-likeness (QED) is 0.171. The van der Waals surface area contributed by atoms with Crippen molar-refractivity contribution in [3.8, 4) is 16.8 Å². The van der Waals surface area contributed by atoms with Gasteiger partial charge in [-0.2, -0.15) is 0 Å². The van der Waals surface area contributed by atoms with Gasteiger partial charge in [0, 0.05) is 38.6 Å². The van der Waals surface area contributed by atoms with Crippen LogP contribution in [-0.2, 0) is 0 Å². The van der Waals surface area contributed by atoms with Crippen molar-refractivity contribution in [2.75, 3.05) is 4.90 Å². The molecule has 0 saturated heterocycles. The highest BCUT2D eigenvalue weighted by molar-refractivity contribution is 6.23. The Labute approximate surface area is 290 Å². The van der Waals surface area contributed by atoms with Crippen LogP contribution in [0.2, 0.25) is 0 Å². The molecule has 0 fully saturated rings. The number of nitrogens with zero attached hydrogens (tertiary/aromatic N) is 2. The van der Waals surface area contributed by atoms with E-state index in [1.54, 1.807) is 0 Å². The van der Waals surface area contributed by atoms with E-state index in [9.17, 15) is 0 Å². The second-order valence-electron chi connectivity index (χ2n) is 13.0. The largest absolute Gasteiger partial charge is 0.310 e. The van der Waals surface area contributed by atoms with Crippen LogP contribution in [0.3, 0.4) is 0 Å². The Morgan fingerprint density at radius 2 is 0.980 bits per heavy atom. The van der Waals surface area contributed by atoms with E-state index in [4.69, 9.17) is 0 Å². The highest BCUT2D eigenvalue weighted by Crippen LogP contribution is 2.43. The molecule has 10 rings (SSSR count). The van der Waals surface area contributed by atoms with Crippen LogP contribution in [0.1, 0.15) is 0 Å². The SMILES string of the molecule is c1ccc(-c2cccc(-n3c4ccccc4c4ccc5c6ccc(N(c7ccccc7)c7cccc8ccccc78)cc6ccc5c43)c2)cc1. The molecule has 0 amide bonds. The van der Waals surface area contributed by atoms with E-state index >= 15 is 0 Å². The number of anilines is 3. The van der Waals surface area contributed by atoms with Gasteiger partial charge in [-0.3, -0.25) is 0 Å². The molecule has 50 heavy (non-hydrogen) atoms. The summed E-state index contributed by atoms with van der Waals surface area (Å²) in [6.45, 7) is 0. The summed E-state index contributed by atoms with van der Waals surface area (Å²) in [5, 5.41) is 9.94. The first kappa shape index (κ1) is 28.4. The van der Waals surface area contributed by atoms with Crippen LogP contribution in [0.5, 0.6) is 0 Å². The molecule has 10 aromatic rings. The predicted octanol–water partition coefficient (Wildman–Crippen LogP) is 13.4. The summed E-state index contributed by atoms with van der Waals surface area (Å²) in [7, 11) is 0. The number of rotatable bonds is 5. The van der Waals surface area contributed by atoms with Crippen LogP contribution in [0.15, 0.2) is 194 Å². The Bertz CT molecular complexity index is 2860. The summed E-state index contributed by atoms with van der Waals surface area (Å²) >= 11 is 0. The Balaban J connectivity index is 1.19. The minimum atomic E-state index is 1.13. The molecule has 2 heteroatoms. The van der Waals surface area contributed by atoms with Gasteiger partial charge in [0.2, 0.25) is 0 Å². The summed E-state index contributed by atoms with van der Waals surface area (Å²) in [6, 6.07) is 70.4. The smallest absolute Gasteiger partial charge is 0.0619 e. The summed E-state index contributed by atoms with van der Waals surface area (Å²) in [6.07, 6.45) is 0. The fourth-order valence-corrected chi connectivity index (χ4v) is 7.86. The van der Waals surface area contributed by atoms with Gasteiger partial charge in [-0.1, -0.05) is 146 Å². The molecule has 0 N–H and O–H groups in total. The van der Waals surface area contributed by atoms with Gasteiger partial charge < -0.3 is 9.47 Å². The number of aromatic nitrogens is 1. The van der Waals surface area contributed by atoms with Crippen LogP contribution in [0.25, 0.3) is 70.9 Å². The van der Waals surface area contributed by atoms with Gasteiger partial charge in [0.1, 0.15) is 0 Å². The molecule has 1 heterocycles. The highest BCUT2D eigenvalue weighted by atomic mass is 15.1. The summed E-state index contributed by atoms with van der Waals surface area (Å²) in [4.78, 5) is 2.38. The number of fused-ring (bicyclic) bond motifs is 8. The Morgan fingerprint density at radius 3 is 1.86 bits per heavy atom. The van der Waals surface area contributed by atoms with Gasteiger partial charge in [0.25, 0.3) is 0 Å². The van der Waals surface area contributed by atoms with Gasteiger partial charge >= 0.3 is 0 Å². The molecule has 0 aliphatic heterocycles. The minimum Gasteiger partial charge on any atom is -0.310 e. The molecule has 0 spiro atoms. The molecule has 234 valence electrons. The van der Waals surface area contributed by atoms with Gasteiger partial charge in [0.05, 0.1) is 16.7 Å². The molecular weight excluding hydrogens is 605 g/mol. The van der Waals surface area contributed by atoms with E-state index in [-0.39, 0.29) is 0 Å². The van der Waals surface area contributed by atoms with E-state index in [1.807, 2.05) is 0 Å². The third-order valence-electron chi connectivity index (χ3n) is 10.1. The van der Waals surface area contributed by atoms with E-state index in [2.05, 4.69) is 204 Å². The average Bonchev–Trinajstić information content (AvgIpc) is 3.53. The second kappa shape index (κ2) is 11.5. The minimum absolute atomic E-state index is 1.13. The van der Waals surface area contributed by atoms with Crippen molar-refractivity contribution in [2.24, 2.45) is 0 Å². The molecule has 9 aromatic carbocycles. The van der Waals surface area contributed by atoms with E-state index in [1.165, 1.54) is 70.9 Å². The van der Waals surface area contributed by atoms with Gasteiger partial charge in [-0.05, 0) is 81.2 Å². The molecule has 0 radical (unpaired) electrons. The first-order chi connectivity index (χ1) is 24.8. The first-order valence-corrected chi connectivity index (χ1v) is 17.2. The number of benzene rings is 9. The van der Waals surface area contributed by atoms with Crippen molar-refractivity contribution in [1.29, 1.82) is 0 Å². The van der Waals surface area contributed by atoms with E-state index in [0.717, 1.165) is 17.1 Å². The Kier molecular flexibility index (Phi) is 6.53. The summed E-state index contributed by atoms with van der Waals surface area (Å²) in [5.41, 5.74) is 9.47. The number of para-hydroxylation sites is 2. The predicted molar refractivity (Wildman–Crippen MR) is 213 cm³/mol. The maximum Gasteiger partial charge on any atom is 0.0619 e. The molecule has 1 aromatic heterocycles. The monoisotopic (exact) mass is 636 g/mol. The molecule has 0 saturated carbocycles. The van der Waals surface area contributed by atoms with Crippen molar-refractivity contribution in [2.45, 2.75) is 0 Å².